The number of pyridine rings is 1. The molecule has 0 spiro atoms. The van der Waals surface area contributed by atoms with E-state index in [-0.39, 0.29) is 17.7 Å². The van der Waals surface area contributed by atoms with Crippen LogP contribution in [0.1, 0.15) is 6.42 Å². The molecule has 2 aromatic rings. The molecule has 0 aliphatic carbocycles. The molecular formula is C12H10F3N3O2. The van der Waals surface area contributed by atoms with Gasteiger partial charge in [0, 0.05) is 29.9 Å². The first-order valence-corrected chi connectivity index (χ1v) is 5.71. The van der Waals surface area contributed by atoms with E-state index in [1.807, 2.05) is 0 Å². The Morgan fingerprint density at radius 3 is 2.70 bits per heavy atom. The van der Waals surface area contributed by atoms with E-state index in [1.165, 1.54) is 18.3 Å². The van der Waals surface area contributed by atoms with E-state index in [0.717, 1.165) is 0 Å². The Labute approximate surface area is 111 Å². The minimum absolute atomic E-state index is 0.148. The average Bonchev–Trinajstić information content (AvgIpc) is 2.37. The summed E-state index contributed by atoms with van der Waals surface area (Å²) in [6.45, 7) is -0.300. The first-order chi connectivity index (χ1) is 9.38. The molecule has 0 radical (unpaired) electrons. The number of non-ortho nitro benzene ring substituents is 1. The van der Waals surface area contributed by atoms with E-state index in [1.54, 1.807) is 12.1 Å². The van der Waals surface area contributed by atoms with E-state index in [4.69, 9.17) is 0 Å². The van der Waals surface area contributed by atoms with Gasteiger partial charge in [-0.05, 0) is 18.2 Å². The first kappa shape index (κ1) is 14.0. The number of alkyl halides is 3. The molecule has 1 N–H and O–H groups in total. The molecule has 106 valence electrons. The molecule has 1 aromatic carbocycles. The molecule has 0 unspecified atom stereocenters. The van der Waals surface area contributed by atoms with E-state index >= 15 is 0 Å². The second kappa shape index (κ2) is 5.32. The quantitative estimate of drug-likeness (QED) is 0.689. The van der Waals surface area contributed by atoms with Crippen molar-refractivity contribution in [3.63, 3.8) is 0 Å². The Kier molecular flexibility index (Phi) is 3.73. The Morgan fingerprint density at radius 2 is 2.05 bits per heavy atom. The number of fused-ring (bicyclic) bond motifs is 1. The van der Waals surface area contributed by atoms with Gasteiger partial charge in [0.05, 0.1) is 11.3 Å². The van der Waals surface area contributed by atoms with E-state index in [9.17, 15) is 23.3 Å². The summed E-state index contributed by atoms with van der Waals surface area (Å²) in [5.41, 5.74) is 0.361. The number of aromatic nitrogens is 1. The topological polar surface area (TPSA) is 68.1 Å². The van der Waals surface area contributed by atoms with E-state index < -0.39 is 17.5 Å². The highest BCUT2D eigenvalue weighted by Gasteiger charge is 2.26. The van der Waals surface area contributed by atoms with Crippen LogP contribution >= 0.6 is 0 Å². The van der Waals surface area contributed by atoms with Gasteiger partial charge < -0.3 is 5.32 Å². The van der Waals surface area contributed by atoms with Crippen LogP contribution in [0.4, 0.5) is 24.5 Å². The average molecular weight is 285 g/mol. The van der Waals surface area contributed by atoms with Crippen LogP contribution in [-0.4, -0.2) is 22.6 Å². The Hall–Kier alpha value is -2.38. The summed E-state index contributed by atoms with van der Waals surface area (Å²) in [7, 11) is 0. The number of nitro benzene ring substituents is 1. The second-order valence-corrected chi connectivity index (χ2v) is 4.08. The first-order valence-electron chi connectivity index (χ1n) is 5.71. The number of nitrogens with one attached hydrogen (secondary N) is 1. The van der Waals surface area contributed by atoms with Crippen molar-refractivity contribution in [1.82, 2.24) is 4.98 Å². The van der Waals surface area contributed by atoms with E-state index in [0.29, 0.717) is 11.1 Å². The highest BCUT2D eigenvalue weighted by Crippen LogP contribution is 2.30. The van der Waals surface area contributed by atoms with Gasteiger partial charge in [0.2, 0.25) is 0 Å². The van der Waals surface area contributed by atoms with Crippen LogP contribution < -0.4 is 5.32 Å². The normalized spacial score (nSPS) is 11.6. The molecule has 0 fully saturated rings. The monoisotopic (exact) mass is 285 g/mol. The molecule has 0 amide bonds. The molecule has 0 saturated heterocycles. The maximum atomic E-state index is 12.1. The third kappa shape index (κ3) is 3.14. The zero-order valence-corrected chi connectivity index (χ0v) is 10.1. The fourth-order valence-corrected chi connectivity index (χ4v) is 1.80. The molecule has 0 aliphatic heterocycles. The number of rotatable bonds is 4. The lowest BCUT2D eigenvalue weighted by molar-refractivity contribution is -0.383. The standard InChI is InChI=1S/C12H10F3N3O2/c13-12(14,15)5-7-16-9-3-4-10(18(19)20)11-8(9)2-1-6-17-11/h1-4,6,16H,5,7H2. The Bertz CT molecular complexity index is 643. The summed E-state index contributed by atoms with van der Waals surface area (Å²) in [6.07, 6.45) is -3.83. The highest BCUT2D eigenvalue weighted by atomic mass is 19.4. The molecule has 0 saturated carbocycles. The summed E-state index contributed by atoms with van der Waals surface area (Å²) in [5.74, 6) is 0. The predicted molar refractivity (Wildman–Crippen MR) is 67.6 cm³/mol. The van der Waals surface area contributed by atoms with Gasteiger partial charge in [0.25, 0.3) is 5.69 Å². The summed E-state index contributed by atoms with van der Waals surface area (Å²) < 4.78 is 36.3. The summed E-state index contributed by atoms with van der Waals surface area (Å²) in [6, 6.07) is 5.76. The maximum absolute atomic E-state index is 12.1. The molecule has 0 aliphatic rings. The second-order valence-electron chi connectivity index (χ2n) is 4.08. The Morgan fingerprint density at radius 1 is 1.30 bits per heavy atom. The van der Waals surface area contributed by atoms with Crippen LogP contribution in [0.5, 0.6) is 0 Å². The number of hydrogen-bond donors (Lipinski definition) is 1. The lowest BCUT2D eigenvalue weighted by Gasteiger charge is -2.11. The molecule has 1 heterocycles. The zero-order chi connectivity index (χ0) is 14.8. The van der Waals surface area contributed by atoms with Gasteiger partial charge in [0.1, 0.15) is 5.52 Å². The SMILES string of the molecule is O=[N+]([O-])c1ccc(NCCC(F)(F)F)c2cccnc12. The zero-order valence-electron chi connectivity index (χ0n) is 10.1. The van der Waals surface area contributed by atoms with Gasteiger partial charge in [0.15, 0.2) is 0 Å². The van der Waals surface area contributed by atoms with Crippen molar-refractivity contribution in [3.05, 3.63) is 40.6 Å². The van der Waals surface area contributed by atoms with Crippen LogP contribution in [0.25, 0.3) is 10.9 Å². The van der Waals surface area contributed by atoms with Crippen LogP contribution in [0.3, 0.4) is 0 Å². The molecule has 0 bridgehead atoms. The van der Waals surface area contributed by atoms with Gasteiger partial charge in [-0.15, -0.1) is 0 Å². The van der Waals surface area contributed by atoms with E-state index in [2.05, 4.69) is 10.3 Å². The summed E-state index contributed by atoms with van der Waals surface area (Å²) in [5, 5.41) is 13.9. The molecule has 1 aromatic heterocycles. The van der Waals surface area contributed by atoms with Crippen molar-refractivity contribution in [1.29, 1.82) is 0 Å². The molecule has 2 rings (SSSR count). The lowest BCUT2D eigenvalue weighted by Crippen LogP contribution is -2.14. The van der Waals surface area contributed by atoms with Crippen molar-refractivity contribution in [2.24, 2.45) is 0 Å². The van der Waals surface area contributed by atoms with Gasteiger partial charge in [-0.1, -0.05) is 0 Å². The minimum atomic E-state index is -4.25. The number of benzene rings is 1. The number of nitrogens with zero attached hydrogens (tertiary/aromatic N) is 2. The van der Waals surface area contributed by atoms with Gasteiger partial charge in [-0.25, -0.2) is 4.98 Å². The lowest BCUT2D eigenvalue weighted by atomic mass is 10.1. The van der Waals surface area contributed by atoms with Crippen molar-refractivity contribution in [2.45, 2.75) is 12.6 Å². The van der Waals surface area contributed by atoms with Crippen LogP contribution in [-0.2, 0) is 0 Å². The van der Waals surface area contributed by atoms with Gasteiger partial charge >= 0.3 is 6.18 Å². The molecule has 5 nitrogen and oxygen atoms in total. The number of nitro groups is 1. The maximum Gasteiger partial charge on any atom is 0.390 e. The smallest absolute Gasteiger partial charge is 0.384 e. The summed E-state index contributed by atoms with van der Waals surface area (Å²) in [4.78, 5) is 14.2. The van der Waals surface area contributed by atoms with Gasteiger partial charge in [-0.2, -0.15) is 13.2 Å². The molecular weight excluding hydrogens is 275 g/mol. The summed E-state index contributed by atoms with van der Waals surface area (Å²) >= 11 is 0. The van der Waals surface area contributed by atoms with Crippen molar-refractivity contribution in [2.75, 3.05) is 11.9 Å². The number of halogens is 3. The van der Waals surface area contributed by atoms with Crippen molar-refractivity contribution in [3.8, 4) is 0 Å². The largest absolute Gasteiger partial charge is 0.390 e. The fourth-order valence-electron chi connectivity index (χ4n) is 1.80. The molecule has 0 atom stereocenters. The minimum Gasteiger partial charge on any atom is -0.384 e. The van der Waals surface area contributed by atoms with Crippen LogP contribution in [0.15, 0.2) is 30.5 Å². The van der Waals surface area contributed by atoms with Gasteiger partial charge in [-0.3, -0.25) is 10.1 Å². The third-order valence-corrected chi connectivity index (χ3v) is 2.67. The number of anilines is 1. The third-order valence-electron chi connectivity index (χ3n) is 2.67. The Balaban J connectivity index is 2.31. The molecule has 8 heteroatoms. The van der Waals surface area contributed by atoms with Crippen LogP contribution in [0.2, 0.25) is 0 Å². The van der Waals surface area contributed by atoms with Crippen molar-refractivity contribution < 1.29 is 18.1 Å². The molecule has 20 heavy (non-hydrogen) atoms. The van der Waals surface area contributed by atoms with Crippen LogP contribution in [0, 0.1) is 10.1 Å². The fraction of sp³-hybridized carbons (Fsp3) is 0.250. The highest BCUT2D eigenvalue weighted by molar-refractivity contribution is 5.96. The van der Waals surface area contributed by atoms with Crippen molar-refractivity contribution >= 4 is 22.3 Å². The number of hydrogen-bond acceptors (Lipinski definition) is 4. The predicted octanol–water partition coefficient (Wildman–Crippen LogP) is 3.51.